The largest absolute Gasteiger partial charge is 0.573 e. The van der Waals surface area contributed by atoms with E-state index in [1.165, 1.54) is 12.1 Å². The van der Waals surface area contributed by atoms with Gasteiger partial charge in [0.1, 0.15) is 5.75 Å². The third kappa shape index (κ3) is 5.91. The SMILES string of the molecule is CC(C)(C)NCCc1ccccc1OC(F)(F)F. The molecule has 0 bridgehead atoms. The summed E-state index contributed by atoms with van der Waals surface area (Å²) in [5, 5.41) is 3.22. The van der Waals surface area contributed by atoms with E-state index in [-0.39, 0.29) is 11.3 Å². The third-order valence-electron chi connectivity index (χ3n) is 2.25. The van der Waals surface area contributed by atoms with Crippen LogP contribution in [0.1, 0.15) is 26.3 Å². The van der Waals surface area contributed by atoms with Gasteiger partial charge in [-0.3, -0.25) is 0 Å². The first-order valence-corrected chi connectivity index (χ1v) is 5.76. The lowest BCUT2D eigenvalue weighted by atomic mass is 10.1. The van der Waals surface area contributed by atoms with Crippen LogP contribution in [-0.4, -0.2) is 18.4 Å². The van der Waals surface area contributed by atoms with Crippen molar-refractivity contribution in [2.75, 3.05) is 6.54 Å². The van der Waals surface area contributed by atoms with Gasteiger partial charge in [0.05, 0.1) is 0 Å². The van der Waals surface area contributed by atoms with Crippen molar-refractivity contribution < 1.29 is 17.9 Å². The highest BCUT2D eigenvalue weighted by atomic mass is 19.4. The fourth-order valence-corrected chi connectivity index (χ4v) is 1.51. The molecular formula is C13H18F3NO. The second-order valence-electron chi connectivity index (χ2n) is 5.08. The molecule has 0 spiro atoms. The molecule has 0 heterocycles. The zero-order chi connectivity index (χ0) is 13.8. The van der Waals surface area contributed by atoms with Gasteiger partial charge >= 0.3 is 6.36 Å². The van der Waals surface area contributed by atoms with Crippen molar-refractivity contribution >= 4 is 0 Å². The molecule has 1 N–H and O–H groups in total. The molecule has 0 unspecified atom stereocenters. The smallest absolute Gasteiger partial charge is 0.406 e. The van der Waals surface area contributed by atoms with Crippen LogP contribution < -0.4 is 10.1 Å². The lowest BCUT2D eigenvalue weighted by molar-refractivity contribution is -0.274. The Morgan fingerprint density at radius 1 is 1.11 bits per heavy atom. The molecule has 1 aromatic rings. The standard InChI is InChI=1S/C13H18F3NO/c1-12(2,3)17-9-8-10-6-4-5-7-11(10)18-13(14,15)16/h4-7,17H,8-9H2,1-3H3. The molecule has 0 radical (unpaired) electrons. The van der Waals surface area contributed by atoms with Crippen molar-refractivity contribution in [3.05, 3.63) is 29.8 Å². The minimum Gasteiger partial charge on any atom is -0.406 e. The number of alkyl halides is 3. The highest BCUT2D eigenvalue weighted by Gasteiger charge is 2.31. The maximum absolute atomic E-state index is 12.2. The number of nitrogens with one attached hydrogen (secondary N) is 1. The van der Waals surface area contributed by atoms with Crippen LogP contribution in [0.4, 0.5) is 13.2 Å². The van der Waals surface area contributed by atoms with Crippen molar-refractivity contribution in [1.82, 2.24) is 5.32 Å². The Bertz CT molecular complexity index is 383. The lowest BCUT2D eigenvalue weighted by Crippen LogP contribution is -2.37. The Morgan fingerprint density at radius 2 is 1.72 bits per heavy atom. The number of para-hydroxylation sites is 1. The fourth-order valence-electron chi connectivity index (χ4n) is 1.51. The van der Waals surface area contributed by atoms with Crippen LogP contribution in [0.3, 0.4) is 0 Å². The van der Waals surface area contributed by atoms with E-state index in [2.05, 4.69) is 10.1 Å². The van der Waals surface area contributed by atoms with E-state index < -0.39 is 6.36 Å². The molecular weight excluding hydrogens is 243 g/mol. The van der Waals surface area contributed by atoms with E-state index in [9.17, 15) is 13.2 Å². The van der Waals surface area contributed by atoms with Gasteiger partial charge < -0.3 is 10.1 Å². The molecule has 1 rings (SSSR count). The van der Waals surface area contributed by atoms with Gasteiger partial charge in [0.15, 0.2) is 0 Å². The summed E-state index contributed by atoms with van der Waals surface area (Å²) in [7, 11) is 0. The average Bonchev–Trinajstić information content (AvgIpc) is 2.16. The third-order valence-corrected chi connectivity index (χ3v) is 2.25. The quantitative estimate of drug-likeness (QED) is 0.895. The summed E-state index contributed by atoms with van der Waals surface area (Å²) in [5.74, 6) is -0.124. The molecule has 102 valence electrons. The van der Waals surface area contributed by atoms with Crippen LogP contribution in [-0.2, 0) is 6.42 Å². The number of ether oxygens (including phenoxy) is 1. The Hall–Kier alpha value is -1.23. The number of benzene rings is 1. The van der Waals surface area contributed by atoms with E-state index in [0.29, 0.717) is 18.5 Å². The summed E-state index contributed by atoms with van der Waals surface area (Å²) in [6.45, 7) is 6.61. The van der Waals surface area contributed by atoms with Gasteiger partial charge in [0.25, 0.3) is 0 Å². The molecule has 5 heteroatoms. The molecule has 0 atom stereocenters. The van der Waals surface area contributed by atoms with Crippen molar-refractivity contribution in [3.8, 4) is 5.75 Å². The van der Waals surface area contributed by atoms with Gasteiger partial charge in [0, 0.05) is 5.54 Å². The number of hydrogen-bond donors (Lipinski definition) is 1. The number of halogens is 3. The van der Waals surface area contributed by atoms with E-state index in [1.54, 1.807) is 12.1 Å². The minimum atomic E-state index is -4.65. The predicted octanol–water partition coefficient (Wildman–Crippen LogP) is 3.52. The van der Waals surface area contributed by atoms with Gasteiger partial charge in [-0.25, -0.2) is 0 Å². The Labute approximate surface area is 105 Å². The van der Waals surface area contributed by atoms with E-state index in [1.807, 2.05) is 20.8 Å². The monoisotopic (exact) mass is 261 g/mol. The van der Waals surface area contributed by atoms with Crippen molar-refractivity contribution in [2.24, 2.45) is 0 Å². The van der Waals surface area contributed by atoms with Crippen LogP contribution in [0.5, 0.6) is 5.75 Å². The summed E-state index contributed by atoms with van der Waals surface area (Å²) in [5.41, 5.74) is 0.492. The molecule has 0 fully saturated rings. The van der Waals surface area contributed by atoms with E-state index in [0.717, 1.165) is 0 Å². The molecule has 0 saturated carbocycles. The highest BCUT2D eigenvalue weighted by molar-refractivity contribution is 5.33. The Morgan fingerprint density at radius 3 is 2.28 bits per heavy atom. The van der Waals surface area contributed by atoms with E-state index >= 15 is 0 Å². The van der Waals surface area contributed by atoms with Crippen LogP contribution in [0.2, 0.25) is 0 Å². The van der Waals surface area contributed by atoms with Crippen molar-refractivity contribution in [3.63, 3.8) is 0 Å². The molecule has 0 aromatic heterocycles. The van der Waals surface area contributed by atoms with Gasteiger partial charge in [0.2, 0.25) is 0 Å². The first-order valence-electron chi connectivity index (χ1n) is 5.76. The average molecular weight is 261 g/mol. The summed E-state index contributed by atoms with van der Waals surface area (Å²) in [4.78, 5) is 0. The first-order chi connectivity index (χ1) is 8.17. The topological polar surface area (TPSA) is 21.3 Å². The highest BCUT2D eigenvalue weighted by Crippen LogP contribution is 2.26. The van der Waals surface area contributed by atoms with Gasteiger partial charge in [-0.15, -0.1) is 13.2 Å². The van der Waals surface area contributed by atoms with Crippen molar-refractivity contribution in [1.29, 1.82) is 0 Å². The first kappa shape index (κ1) is 14.8. The maximum Gasteiger partial charge on any atom is 0.573 e. The molecule has 18 heavy (non-hydrogen) atoms. The van der Waals surface area contributed by atoms with Crippen LogP contribution in [0.25, 0.3) is 0 Å². The molecule has 0 aliphatic heterocycles. The fraction of sp³-hybridized carbons (Fsp3) is 0.538. The minimum absolute atomic E-state index is 0.0557. The summed E-state index contributed by atoms with van der Waals surface area (Å²) >= 11 is 0. The van der Waals surface area contributed by atoms with Crippen LogP contribution in [0, 0.1) is 0 Å². The predicted molar refractivity (Wildman–Crippen MR) is 64.6 cm³/mol. The molecule has 0 amide bonds. The normalized spacial score (nSPS) is 12.6. The molecule has 0 aliphatic carbocycles. The second-order valence-corrected chi connectivity index (χ2v) is 5.08. The summed E-state index contributed by atoms with van der Waals surface area (Å²) in [6, 6.07) is 6.21. The zero-order valence-electron chi connectivity index (χ0n) is 10.8. The molecule has 0 saturated heterocycles. The maximum atomic E-state index is 12.2. The number of rotatable bonds is 4. The van der Waals surface area contributed by atoms with Gasteiger partial charge in [-0.05, 0) is 45.4 Å². The Kier molecular flexibility index (Phi) is 4.62. The van der Waals surface area contributed by atoms with Gasteiger partial charge in [-0.2, -0.15) is 0 Å². The zero-order valence-corrected chi connectivity index (χ0v) is 10.8. The molecule has 0 aliphatic rings. The Balaban J connectivity index is 2.65. The molecule has 1 aromatic carbocycles. The van der Waals surface area contributed by atoms with Crippen molar-refractivity contribution in [2.45, 2.75) is 39.1 Å². The van der Waals surface area contributed by atoms with Crippen LogP contribution >= 0.6 is 0 Å². The summed E-state index contributed by atoms with van der Waals surface area (Å²) < 4.78 is 40.6. The number of hydrogen-bond acceptors (Lipinski definition) is 2. The second kappa shape index (κ2) is 5.61. The van der Waals surface area contributed by atoms with E-state index in [4.69, 9.17) is 0 Å². The summed E-state index contributed by atoms with van der Waals surface area (Å²) in [6.07, 6.45) is -4.16. The lowest BCUT2D eigenvalue weighted by Gasteiger charge is -2.21. The van der Waals surface area contributed by atoms with Gasteiger partial charge in [-0.1, -0.05) is 18.2 Å². The molecule has 2 nitrogen and oxygen atoms in total. The van der Waals surface area contributed by atoms with Crippen LogP contribution in [0.15, 0.2) is 24.3 Å².